The van der Waals surface area contributed by atoms with Crippen LogP contribution in [0.4, 0.5) is 0 Å². The molecular weight excluding hydrogens is 270 g/mol. The summed E-state index contributed by atoms with van der Waals surface area (Å²) in [5.41, 5.74) is 0. The van der Waals surface area contributed by atoms with Crippen molar-refractivity contribution in [3.05, 3.63) is 0 Å². The summed E-state index contributed by atoms with van der Waals surface area (Å²) in [5, 5.41) is 10.1. The normalized spacial score (nSPS) is 19.3. The zero-order valence-electron chi connectivity index (χ0n) is 7.94. The summed E-state index contributed by atoms with van der Waals surface area (Å²) in [6.45, 7) is 0. The Hall–Kier alpha value is -0.790. The third-order valence-electron chi connectivity index (χ3n) is 1.98. The summed E-state index contributed by atoms with van der Waals surface area (Å²) >= 11 is 3.12. The van der Waals surface area contributed by atoms with Gasteiger partial charge in [0.1, 0.15) is 4.81 Å². The zero-order valence-corrected chi connectivity index (χ0v) is 9.53. The van der Waals surface area contributed by atoms with E-state index in [0.29, 0.717) is 11.8 Å². The lowest BCUT2D eigenvalue weighted by Crippen LogP contribution is -2.50. The van der Waals surface area contributed by atoms with Gasteiger partial charge < -0.3 is 0 Å². The summed E-state index contributed by atoms with van der Waals surface area (Å²) in [7, 11) is 0. The Balaban J connectivity index is 2.59. The minimum atomic E-state index is -1.82. The van der Waals surface area contributed by atoms with Crippen molar-refractivity contribution in [3.63, 3.8) is 0 Å². The molecule has 1 aliphatic rings. The van der Waals surface area contributed by atoms with Gasteiger partial charge in [-0.3, -0.25) is 0 Å². The van der Waals surface area contributed by atoms with Crippen LogP contribution in [0.5, 0.6) is 0 Å². The molecule has 1 fully saturated rings. The molecule has 0 bridgehead atoms. The van der Waals surface area contributed by atoms with Crippen LogP contribution in [0, 0.1) is 0 Å². The average Bonchev–Trinajstić information content (AvgIpc) is 2.43. The Morgan fingerprint density at radius 1 is 1.40 bits per heavy atom. The number of hydroxylamine groups is 4. The molecule has 84 valence electrons. The van der Waals surface area contributed by atoms with Crippen LogP contribution >= 0.6 is 15.9 Å². The Morgan fingerprint density at radius 2 is 1.93 bits per heavy atom. The van der Waals surface area contributed by atoms with Crippen molar-refractivity contribution < 1.29 is 29.2 Å². The van der Waals surface area contributed by atoms with Crippen molar-refractivity contribution in [1.82, 2.24) is 0 Å². The predicted molar refractivity (Wildman–Crippen MR) is 50.4 cm³/mol. The largest absolute Gasteiger partial charge is 0.397 e. The lowest BCUT2D eigenvalue weighted by Gasteiger charge is -2.15. The van der Waals surface area contributed by atoms with Crippen molar-refractivity contribution in [1.29, 1.82) is 0 Å². The Kier molecular flexibility index (Phi) is 3.95. The second kappa shape index (κ2) is 4.82. The fourth-order valence-electron chi connectivity index (χ4n) is 1.16. The monoisotopic (exact) mass is 280 g/mol. The Labute approximate surface area is 94.4 Å². The quantitative estimate of drug-likeness (QED) is 0.354. The van der Waals surface area contributed by atoms with Gasteiger partial charge in [0.15, 0.2) is 0 Å². The van der Waals surface area contributed by atoms with Crippen LogP contribution in [0.3, 0.4) is 0 Å². The van der Waals surface area contributed by atoms with Crippen molar-refractivity contribution in [3.8, 4) is 0 Å². The van der Waals surface area contributed by atoms with Gasteiger partial charge in [-0.1, -0.05) is 15.9 Å². The van der Waals surface area contributed by atoms with Gasteiger partial charge in [-0.25, -0.2) is 19.2 Å². The van der Waals surface area contributed by atoms with Crippen LogP contribution in [-0.4, -0.2) is 33.1 Å². The molecule has 1 aliphatic heterocycles. The summed E-state index contributed by atoms with van der Waals surface area (Å²) in [6.07, 6.45) is 0.371. The molecule has 1 N–H and O–H groups in total. The van der Waals surface area contributed by atoms with E-state index >= 15 is 0 Å². The van der Waals surface area contributed by atoms with Crippen molar-refractivity contribution in [2.75, 3.05) is 5.33 Å². The number of halogens is 1. The van der Waals surface area contributed by atoms with E-state index in [2.05, 4.69) is 20.8 Å². The molecule has 0 aromatic rings. The molecule has 6 nitrogen and oxygen atoms in total. The highest BCUT2D eigenvalue weighted by Crippen LogP contribution is 2.21. The predicted octanol–water partition coefficient (Wildman–Crippen LogP) is 0.673. The van der Waals surface area contributed by atoms with Crippen molar-refractivity contribution in [2.24, 2.45) is 0 Å². The Morgan fingerprint density at radius 3 is 2.40 bits per heavy atom. The van der Waals surface area contributed by atoms with Crippen LogP contribution in [0.15, 0.2) is 0 Å². The Bertz CT molecular complexity index is 287. The highest BCUT2D eigenvalue weighted by atomic mass is 79.9. The molecule has 0 aliphatic carbocycles. The van der Waals surface area contributed by atoms with E-state index in [1.54, 1.807) is 0 Å². The van der Waals surface area contributed by atoms with E-state index in [9.17, 15) is 19.6 Å². The third kappa shape index (κ3) is 2.61. The summed E-state index contributed by atoms with van der Waals surface area (Å²) in [4.78, 5) is 36.0. The summed E-state index contributed by atoms with van der Waals surface area (Å²) in [6, 6.07) is 0. The highest BCUT2D eigenvalue weighted by molar-refractivity contribution is 9.09. The molecule has 0 aromatic heterocycles. The van der Waals surface area contributed by atoms with E-state index in [1.807, 2.05) is 0 Å². The molecule has 1 heterocycles. The van der Waals surface area contributed by atoms with Crippen LogP contribution < -0.4 is 0 Å². The van der Waals surface area contributed by atoms with Crippen LogP contribution in [0.1, 0.15) is 25.7 Å². The number of rotatable bonds is 4. The number of carbonyl (C=O) groups is 3. The molecule has 0 unspecified atom stereocenters. The number of quaternary nitrogens is 1. The molecule has 0 spiro atoms. The minimum absolute atomic E-state index is 0.0480. The first-order valence-electron chi connectivity index (χ1n) is 4.47. The molecule has 1 rings (SSSR count). The maximum absolute atomic E-state index is 11.1. The molecule has 2 amide bonds. The summed E-state index contributed by atoms with van der Waals surface area (Å²) < 4.78 is 0. The van der Waals surface area contributed by atoms with Crippen molar-refractivity contribution in [2.45, 2.75) is 25.7 Å². The third-order valence-corrected chi connectivity index (χ3v) is 2.54. The van der Waals surface area contributed by atoms with E-state index in [1.165, 1.54) is 0 Å². The van der Waals surface area contributed by atoms with E-state index in [-0.39, 0.29) is 19.3 Å². The second-order valence-electron chi connectivity index (χ2n) is 3.12. The molecule has 0 radical (unpaired) electrons. The minimum Gasteiger partial charge on any atom is -0.245 e. The molecule has 0 aromatic carbocycles. The molecule has 0 atom stereocenters. The van der Waals surface area contributed by atoms with Gasteiger partial charge >= 0.3 is 17.8 Å². The highest BCUT2D eigenvalue weighted by Gasteiger charge is 2.55. The molecule has 0 saturated carbocycles. The van der Waals surface area contributed by atoms with Crippen LogP contribution in [0.25, 0.3) is 0 Å². The number of hydrogen-bond donors (Lipinski definition) is 1. The molecular formula is C8H11BrNO5+. The second-order valence-corrected chi connectivity index (χ2v) is 3.91. The maximum Gasteiger partial charge on any atom is 0.397 e. The maximum atomic E-state index is 11.1. The van der Waals surface area contributed by atoms with Gasteiger partial charge in [-0.2, -0.15) is 5.21 Å². The number of carbonyl (C=O) groups excluding carboxylic acids is 3. The van der Waals surface area contributed by atoms with Gasteiger partial charge in [0, 0.05) is 5.33 Å². The first-order valence-corrected chi connectivity index (χ1v) is 5.60. The number of imide groups is 1. The summed E-state index contributed by atoms with van der Waals surface area (Å²) in [5.74, 6) is -2.36. The number of amides is 2. The van der Waals surface area contributed by atoms with E-state index in [4.69, 9.17) is 0 Å². The number of alkyl halides is 1. The van der Waals surface area contributed by atoms with E-state index in [0.717, 1.165) is 0 Å². The SMILES string of the molecule is O=C(CCCBr)O[N+]1(O)C(=O)CCC1=O. The standard InChI is InChI=1S/C8H11BrNO5/c9-5-1-2-8(13)15-10(14)6(11)3-4-7(10)12/h14H,1-5H2/q+1. The smallest absolute Gasteiger partial charge is 0.245 e. The van der Waals surface area contributed by atoms with Gasteiger partial charge in [0.25, 0.3) is 0 Å². The average molecular weight is 281 g/mol. The molecule has 15 heavy (non-hydrogen) atoms. The van der Waals surface area contributed by atoms with Crippen LogP contribution in [0.2, 0.25) is 0 Å². The lowest BCUT2D eigenvalue weighted by atomic mass is 10.3. The van der Waals surface area contributed by atoms with Crippen LogP contribution in [-0.2, 0) is 19.2 Å². The first-order chi connectivity index (χ1) is 7.00. The molecule has 1 saturated heterocycles. The van der Waals surface area contributed by atoms with Gasteiger partial charge in [-0.15, -0.1) is 0 Å². The van der Waals surface area contributed by atoms with Gasteiger partial charge in [0.2, 0.25) is 0 Å². The first kappa shape index (κ1) is 12.3. The fourth-order valence-corrected chi connectivity index (χ4v) is 1.44. The lowest BCUT2D eigenvalue weighted by molar-refractivity contribution is -1.12. The zero-order chi connectivity index (χ0) is 11.5. The fraction of sp³-hybridized carbons (Fsp3) is 0.625. The number of hydrogen-bond acceptors (Lipinski definition) is 5. The molecule has 7 heteroatoms. The van der Waals surface area contributed by atoms with Crippen molar-refractivity contribution >= 4 is 33.7 Å². The van der Waals surface area contributed by atoms with E-state index < -0.39 is 22.6 Å². The number of nitrogens with zero attached hydrogens (tertiary/aromatic N) is 1. The van der Waals surface area contributed by atoms with Gasteiger partial charge in [-0.05, 0) is 6.42 Å². The topological polar surface area (TPSA) is 80.7 Å². The van der Waals surface area contributed by atoms with Gasteiger partial charge in [0.05, 0.1) is 19.3 Å².